The highest BCUT2D eigenvalue weighted by Crippen LogP contribution is 2.36. The minimum atomic E-state index is -4.17. The molecule has 24 heteroatoms. The van der Waals surface area contributed by atoms with Crippen molar-refractivity contribution in [3.05, 3.63) is 94.9 Å². The van der Waals surface area contributed by atoms with Crippen LogP contribution in [0.15, 0.2) is 88.3 Å². The van der Waals surface area contributed by atoms with Crippen LogP contribution in [0, 0.1) is 0 Å². The molecule has 1 amide bonds. The summed E-state index contributed by atoms with van der Waals surface area (Å²) >= 11 is 0. The molecule has 5 rings (SSSR count). The molecule has 2 aliphatic rings. The molecule has 0 radical (unpaired) electrons. The molecule has 2 unspecified atom stereocenters. The second kappa shape index (κ2) is 28.5. The van der Waals surface area contributed by atoms with Crippen LogP contribution in [0.5, 0.6) is 17.2 Å². The maximum atomic E-state index is 14.8. The Bertz CT molecular complexity index is 2440. The number of anilines is 1. The smallest absolute Gasteiger partial charge is 0.388 e. The number of amides is 1. The Kier molecular flexibility index (Phi) is 22.3. The lowest BCUT2D eigenvalue weighted by atomic mass is 9.97. The fraction of sp³-hybridized carbons (Fsp3) is 0.521. The first-order valence-corrected chi connectivity index (χ1v) is 24.7. The number of azide groups is 1. The van der Waals surface area contributed by atoms with Crippen LogP contribution in [0.4, 0.5) is 5.69 Å². The number of benzene rings is 3. The van der Waals surface area contributed by atoms with Crippen LogP contribution in [0.1, 0.15) is 52.5 Å². The van der Waals surface area contributed by atoms with Crippen molar-refractivity contribution in [2.24, 2.45) is 9.48 Å². The molecule has 392 valence electrons. The number of para-hydroxylation sites is 3. The average molecular weight is 1030 g/mol. The number of nitrogens with one attached hydrogen (secondary N) is 1. The average Bonchev–Trinajstić information content (AvgIpc) is 3.33. The topological polar surface area (TPSA) is 277 Å². The van der Waals surface area contributed by atoms with Gasteiger partial charge in [0.2, 0.25) is 12.4 Å². The van der Waals surface area contributed by atoms with Crippen molar-refractivity contribution >= 4 is 45.8 Å². The zero-order valence-corrected chi connectivity index (χ0v) is 41.8. The normalized spacial score (nSPS) is 22.3. The van der Waals surface area contributed by atoms with E-state index in [1.165, 1.54) is 12.1 Å². The molecule has 2 heterocycles. The van der Waals surface area contributed by atoms with E-state index >= 15 is 0 Å². The van der Waals surface area contributed by atoms with Gasteiger partial charge in [-0.2, -0.15) is 8.57 Å². The van der Waals surface area contributed by atoms with Gasteiger partial charge in [0.1, 0.15) is 25.0 Å². The number of hydrogen-bond donors (Lipinski definition) is 1. The first kappa shape index (κ1) is 56.4. The van der Waals surface area contributed by atoms with E-state index < -0.39 is 71.5 Å². The Morgan fingerprint density at radius 2 is 1.32 bits per heavy atom. The molecule has 8 atom stereocenters. The van der Waals surface area contributed by atoms with Gasteiger partial charge in [-0.05, 0) is 66.9 Å². The minimum Gasteiger partial charge on any atom is -0.463 e. The fourth-order valence-electron chi connectivity index (χ4n) is 7.93. The number of hydrogen-bond acceptors (Lipinski definition) is 19. The van der Waals surface area contributed by atoms with E-state index in [4.69, 9.17) is 56.5 Å². The number of esters is 4. The molecule has 2 aliphatic heterocycles. The number of likely N-dealkylation sites (N-methyl/N-ethyl adjacent to an activating group) is 1. The van der Waals surface area contributed by atoms with Crippen LogP contribution in [-0.2, 0) is 78.7 Å². The molecule has 0 saturated carbocycles. The number of quaternary nitrogens is 1. The maximum absolute atomic E-state index is 14.8. The SMILES string of the molecule is CC(=O)OC[C@H]1O[C@@H](Oc2ccccc2OS(=O)(=NCCOCCOCCOCCN=[N+]=[N-])Oc2ccc(C[N+]3(C)CCCC[C@@H]3C(=O)Nc3ccccc3)cc2)[C@H](OC(C)=O)[C@@H](OC(C)=O)[C@H]1OC(C)=O. The third-order valence-electron chi connectivity index (χ3n) is 11.0. The predicted molar refractivity (Wildman–Crippen MR) is 256 cm³/mol. The molecule has 1 N–H and O–H groups in total. The van der Waals surface area contributed by atoms with E-state index in [-0.39, 0.29) is 81.9 Å². The predicted octanol–water partition coefficient (Wildman–Crippen LogP) is 5.40. The van der Waals surface area contributed by atoms with E-state index in [9.17, 15) is 28.2 Å². The summed E-state index contributed by atoms with van der Waals surface area (Å²) in [5.74, 6) is -3.45. The quantitative estimate of drug-likeness (QED) is 0.0190. The van der Waals surface area contributed by atoms with Crippen molar-refractivity contribution in [3.63, 3.8) is 0 Å². The largest absolute Gasteiger partial charge is 0.463 e. The van der Waals surface area contributed by atoms with Crippen molar-refractivity contribution in [2.45, 2.75) is 90.2 Å². The first-order valence-electron chi connectivity index (χ1n) is 23.3. The molecule has 2 fully saturated rings. The zero-order chi connectivity index (χ0) is 51.9. The first-order chi connectivity index (χ1) is 34.6. The van der Waals surface area contributed by atoms with Gasteiger partial charge in [0.05, 0.1) is 59.8 Å². The molecule has 23 nitrogen and oxygen atoms in total. The summed E-state index contributed by atoms with van der Waals surface area (Å²) < 4.78 is 82.4. The van der Waals surface area contributed by atoms with E-state index in [1.54, 1.807) is 24.3 Å². The van der Waals surface area contributed by atoms with Gasteiger partial charge < -0.3 is 60.8 Å². The summed E-state index contributed by atoms with van der Waals surface area (Å²) in [6.45, 7) is 6.47. The van der Waals surface area contributed by atoms with Crippen molar-refractivity contribution in [1.82, 2.24) is 0 Å². The number of nitrogens with zero attached hydrogens (tertiary/aromatic N) is 5. The molecule has 0 spiro atoms. The van der Waals surface area contributed by atoms with Crippen LogP contribution in [0.25, 0.3) is 10.4 Å². The summed E-state index contributed by atoms with van der Waals surface area (Å²) in [5.41, 5.74) is 9.99. The second-order valence-corrected chi connectivity index (χ2v) is 18.2. The van der Waals surface area contributed by atoms with Gasteiger partial charge in [-0.15, -0.1) is 0 Å². The molecule has 0 aliphatic carbocycles. The number of carbonyl (C=O) groups excluding carboxylic acids is 5. The minimum absolute atomic E-state index is 0.0208. The molecular formula is C48H63N6O17S+. The van der Waals surface area contributed by atoms with Gasteiger partial charge in [0, 0.05) is 56.8 Å². The maximum Gasteiger partial charge on any atom is 0.388 e. The van der Waals surface area contributed by atoms with Gasteiger partial charge in [0.25, 0.3) is 5.91 Å². The van der Waals surface area contributed by atoms with Crippen LogP contribution in [0.3, 0.4) is 0 Å². The Balaban J connectivity index is 1.38. The van der Waals surface area contributed by atoms with Gasteiger partial charge in [-0.3, -0.25) is 24.0 Å². The molecule has 0 aromatic heterocycles. The third-order valence-corrected chi connectivity index (χ3v) is 12.3. The van der Waals surface area contributed by atoms with Gasteiger partial charge in [-0.1, -0.05) is 35.4 Å². The molecule has 3 aromatic carbocycles. The van der Waals surface area contributed by atoms with E-state index in [0.29, 0.717) is 11.0 Å². The summed E-state index contributed by atoms with van der Waals surface area (Å²) in [5, 5.41) is 6.46. The van der Waals surface area contributed by atoms with Crippen LogP contribution in [0.2, 0.25) is 0 Å². The molecule has 3 aromatic rings. The fourth-order valence-corrected chi connectivity index (χ4v) is 9.09. The lowest BCUT2D eigenvalue weighted by Gasteiger charge is -2.44. The zero-order valence-electron chi connectivity index (χ0n) is 41.0. The molecule has 0 bridgehead atoms. The highest BCUT2D eigenvalue weighted by atomic mass is 32.2. The summed E-state index contributed by atoms with van der Waals surface area (Å²) in [6.07, 6.45) is -4.90. The third kappa shape index (κ3) is 18.3. The number of piperidine rings is 1. The Morgan fingerprint density at radius 3 is 1.96 bits per heavy atom. The Morgan fingerprint density at radius 1 is 0.722 bits per heavy atom. The van der Waals surface area contributed by atoms with Gasteiger partial charge >= 0.3 is 34.2 Å². The number of carbonyl (C=O) groups is 5. The van der Waals surface area contributed by atoms with Crippen molar-refractivity contribution in [2.75, 3.05) is 78.2 Å². The lowest BCUT2D eigenvalue weighted by Crippen LogP contribution is -2.63. The van der Waals surface area contributed by atoms with Crippen molar-refractivity contribution in [1.29, 1.82) is 0 Å². The van der Waals surface area contributed by atoms with Crippen LogP contribution in [-0.4, -0.2) is 148 Å². The second-order valence-electron chi connectivity index (χ2n) is 16.7. The van der Waals surface area contributed by atoms with E-state index in [0.717, 1.165) is 64.8 Å². The molecule has 2 saturated heterocycles. The summed E-state index contributed by atoms with van der Waals surface area (Å²) in [6, 6.07) is 21.8. The summed E-state index contributed by atoms with van der Waals surface area (Å²) in [7, 11) is -2.10. The molecule has 72 heavy (non-hydrogen) atoms. The summed E-state index contributed by atoms with van der Waals surface area (Å²) in [4.78, 5) is 65.4. The van der Waals surface area contributed by atoms with E-state index in [2.05, 4.69) is 26.8 Å². The standard InChI is InChI=1S/C48H62N6O17S/c1-33(55)64-32-43-44(65-34(2)56)45(66-35(3)57)46(67-36(4)58)48(69-43)68-41-16-9-10-17-42(41)71-72(60,51-23-26-62-28-30-63-29-27-61-25-22-50-53-49)70-39-20-18-37(19-21-39)31-54(5)24-12-11-15-40(54)47(59)52-38-13-7-6-8-14-38/h6-10,13-14,16-21,40,43-46,48H,11-12,15,22-32H2,1-5H3/p+1/t40-,43-,44+,45+,46-,48-,54?,72?/m1/s1. The number of likely N-dealkylation sites (tertiary alicyclic amines) is 1. The number of rotatable bonds is 27. The Labute approximate surface area is 418 Å². The monoisotopic (exact) mass is 1030 g/mol. The highest BCUT2D eigenvalue weighted by Gasteiger charge is 2.53. The van der Waals surface area contributed by atoms with Crippen molar-refractivity contribution < 1.29 is 83.7 Å². The van der Waals surface area contributed by atoms with E-state index in [1.807, 2.05) is 42.5 Å². The van der Waals surface area contributed by atoms with Crippen molar-refractivity contribution in [3.8, 4) is 17.2 Å². The molecular weight excluding hydrogens is 965 g/mol. The lowest BCUT2D eigenvalue weighted by molar-refractivity contribution is -0.941. The van der Waals surface area contributed by atoms with Crippen LogP contribution < -0.4 is 18.4 Å². The Hall–Kier alpha value is -6.53. The van der Waals surface area contributed by atoms with Gasteiger partial charge in [0.15, 0.2) is 29.7 Å². The number of ether oxygens (including phenoxy) is 9. The van der Waals surface area contributed by atoms with Crippen LogP contribution >= 0.6 is 0 Å². The van der Waals surface area contributed by atoms with Gasteiger partial charge in [-0.25, -0.2) is 0 Å². The highest BCUT2D eigenvalue weighted by molar-refractivity contribution is 7.85.